The van der Waals surface area contributed by atoms with Crippen LogP contribution in [0.1, 0.15) is 27.9 Å². The maximum absolute atomic E-state index is 13.6. The summed E-state index contributed by atoms with van der Waals surface area (Å²) >= 11 is 0. The number of carbonyl (C=O) groups is 2. The lowest BCUT2D eigenvalue weighted by atomic mass is 9.87. The van der Waals surface area contributed by atoms with Gasteiger partial charge in [0, 0.05) is 11.1 Å². The molecule has 4 aromatic carbocycles. The first kappa shape index (κ1) is 20.4. The number of para-hydroxylation sites is 1. The number of benzene rings is 4. The van der Waals surface area contributed by atoms with Crippen LogP contribution in [0.5, 0.6) is 11.5 Å². The molecule has 6 rings (SSSR count). The van der Waals surface area contributed by atoms with Gasteiger partial charge in [0.15, 0.2) is 22.9 Å². The zero-order chi connectivity index (χ0) is 23.3. The third-order valence-electron chi connectivity index (χ3n) is 6.52. The van der Waals surface area contributed by atoms with E-state index >= 15 is 0 Å². The summed E-state index contributed by atoms with van der Waals surface area (Å²) in [5.41, 5.74) is 0.414. The van der Waals surface area contributed by atoms with E-state index in [4.69, 9.17) is 9.47 Å². The number of rotatable bonds is 5. The highest BCUT2D eigenvalue weighted by molar-refractivity contribution is 6.13. The summed E-state index contributed by atoms with van der Waals surface area (Å²) in [7, 11) is 0. The summed E-state index contributed by atoms with van der Waals surface area (Å²) in [5, 5.41) is 13.4. The van der Waals surface area contributed by atoms with E-state index in [2.05, 4.69) is 0 Å². The number of nitrogens with zero attached hydrogens (tertiary/aromatic N) is 1. The number of amides is 1. The molecule has 1 atom stereocenters. The first-order valence-electron chi connectivity index (χ1n) is 11.1. The number of fused-ring (bicyclic) bond motifs is 3. The maximum atomic E-state index is 13.6. The van der Waals surface area contributed by atoms with Crippen molar-refractivity contribution >= 4 is 28.2 Å². The van der Waals surface area contributed by atoms with E-state index in [1.807, 2.05) is 54.6 Å². The molecule has 0 saturated carbocycles. The van der Waals surface area contributed by atoms with E-state index in [9.17, 15) is 14.7 Å². The van der Waals surface area contributed by atoms with Crippen LogP contribution in [0.15, 0.2) is 84.9 Å². The minimum Gasteiger partial charge on any atom is -0.454 e. The van der Waals surface area contributed by atoms with Crippen molar-refractivity contribution < 1.29 is 24.2 Å². The Bertz CT molecular complexity index is 1460. The molecule has 6 heteroatoms. The number of aliphatic hydroxyl groups is 1. The minimum atomic E-state index is -1.94. The molecule has 168 valence electrons. The Kier molecular flexibility index (Phi) is 4.64. The molecule has 0 aromatic heterocycles. The van der Waals surface area contributed by atoms with Crippen LogP contribution in [-0.4, -0.2) is 23.6 Å². The van der Waals surface area contributed by atoms with Crippen LogP contribution in [0.25, 0.3) is 10.8 Å². The second-order valence-corrected chi connectivity index (χ2v) is 8.58. The summed E-state index contributed by atoms with van der Waals surface area (Å²) < 4.78 is 10.8. The minimum absolute atomic E-state index is 0.167. The lowest BCUT2D eigenvalue weighted by Crippen LogP contribution is -2.41. The van der Waals surface area contributed by atoms with Crippen molar-refractivity contribution in [2.75, 3.05) is 11.7 Å². The van der Waals surface area contributed by atoms with Crippen molar-refractivity contribution in [3.05, 3.63) is 102 Å². The van der Waals surface area contributed by atoms with Gasteiger partial charge in [0.05, 0.1) is 18.7 Å². The molecular formula is C28H21NO5. The number of carbonyl (C=O) groups excluding carboxylic acids is 2. The number of hydrogen-bond donors (Lipinski definition) is 1. The number of anilines is 1. The molecule has 2 aliphatic rings. The summed E-state index contributed by atoms with van der Waals surface area (Å²) in [5.74, 6) is 0.486. The van der Waals surface area contributed by atoms with E-state index in [0.717, 1.165) is 16.3 Å². The molecule has 1 amide bonds. The highest BCUT2D eigenvalue weighted by Gasteiger charge is 2.50. The number of ketones is 1. The summed E-state index contributed by atoms with van der Waals surface area (Å²) in [4.78, 5) is 28.6. The van der Waals surface area contributed by atoms with E-state index in [1.54, 1.807) is 30.3 Å². The molecule has 2 heterocycles. The molecule has 0 radical (unpaired) electrons. The highest BCUT2D eigenvalue weighted by atomic mass is 16.7. The lowest BCUT2D eigenvalue weighted by molar-refractivity contribution is -0.136. The molecule has 0 aliphatic carbocycles. The van der Waals surface area contributed by atoms with E-state index in [0.29, 0.717) is 28.3 Å². The summed E-state index contributed by atoms with van der Waals surface area (Å²) in [6.45, 7) is 0.400. The Morgan fingerprint density at radius 1 is 0.912 bits per heavy atom. The largest absolute Gasteiger partial charge is 0.454 e. The highest BCUT2D eigenvalue weighted by Crippen LogP contribution is 2.44. The molecule has 4 aromatic rings. The van der Waals surface area contributed by atoms with Crippen molar-refractivity contribution in [2.24, 2.45) is 0 Å². The summed E-state index contributed by atoms with van der Waals surface area (Å²) in [6.07, 6.45) is -0.339. The number of Topliss-reactive ketones (excluding diaryl/α,β-unsaturated/α-hetero) is 1. The van der Waals surface area contributed by atoms with Crippen LogP contribution < -0.4 is 14.4 Å². The fourth-order valence-corrected chi connectivity index (χ4v) is 4.85. The van der Waals surface area contributed by atoms with Crippen molar-refractivity contribution in [3.63, 3.8) is 0 Å². The Hall–Kier alpha value is -4.16. The Balaban J connectivity index is 1.35. The van der Waals surface area contributed by atoms with Crippen molar-refractivity contribution in [1.29, 1.82) is 0 Å². The van der Waals surface area contributed by atoms with Crippen LogP contribution >= 0.6 is 0 Å². The first-order chi connectivity index (χ1) is 16.5. The molecule has 0 bridgehead atoms. The predicted octanol–water partition coefficient (Wildman–Crippen LogP) is 4.58. The zero-order valence-electron chi connectivity index (χ0n) is 18.2. The zero-order valence-corrected chi connectivity index (χ0v) is 18.2. The third-order valence-corrected chi connectivity index (χ3v) is 6.52. The van der Waals surface area contributed by atoms with Gasteiger partial charge >= 0.3 is 0 Å². The topological polar surface area (TPSA) is 76.1 Å². The fourth-order valence-electron chi connectivity index (χ4n) is 4.85. The van der Waals surface area contributed by atoms with Crippen LogP contribution in [0, 0.1) is 0 Å². The standard InChI is InChI=1S/C28H21NO5/c30-24(21-9-5-7-19-6-1-2-8-20(19)21)15-28(32)22-10-3-4-11-23(22)29(27(28)31)16-18-12-13-25-26(14-18)34-17-33-25/h1-14,32H,15-17H2/t28-/m0/s1. The van der Waals surface area contributed by atoms with Crippen LogP contribution in [0.4, 0.5) is 5.69 Å². The molecule has 0 fully saturated rings. The first-order valence-corrected chi connectivity index (χ1v) is 11.1. The summed E-state index contributed by atoms with van der Waals surface area (Å²) in [6, 6.07) is 25.7. The maximum Gasteiger partial charge on any atom is 0.264 e. The van der Waals surface area contributed by atoms with Gasteiger partial charge in [0.25, 0.3) is 5.91 Å². The van der Waals surface area contributed by atoms with Gasteiger partial charge in [-0.05, 0) is 34.5 Å². The van der Waals surface area contributed by atoms with Crippen molar-refractivity contribution in [1.82, 2.24) is 0 Å². The quantitative estimate of drug-likeness (QED) is 0.450. The molecular weight excluding hydrogens is 430 g/mol. The molecule has 0 saturated heterocycles. The second-order valence-electron chi connectivity index (χ2n) is 8.58. The van der Waals surface area contributed by atoms with Crippen LogP contribution in [-0.2, 0) is 16.9 Å². The Morgan fingerprint density at radius 3 is 2.59 bits per heavy atom. The number of hydrogen-bond acceptors (Lipinski definition) is 5. The molecule has 2 aliphatic heterocycles. The van der Waals surface area contributed by atoms with Gasteiger partial charge in [-0.25, -0.2) is 0 Å². The molecule has 6 nitrogen and oxygen atoms in total. The van der Waals surface area contributed by atoms with E-state index in [-0.39, 0.29) is 25.5 Å². The molecule has 34 heavy (non-hydrogen) atoms. The van der Waals surface area contributed by atoms with Gasteiger partial charge in [-0.1, -0.05) is 66.7 Å². The van der Waals surface area contributed by atoms with Gasteiger partial charge in [-0.3, -0.25) is 9.59 Å². The SMILES string of the molecule is O=C(C[C@@]1(O)C(=O)N(Cc2ccc3c(c2)OCO3)c2ccccc21)c1cccc2ccccc12. The van der Waals surface area contributed by atoms with Crippen molar-refractivity contribution in [2.45, 2.75) is 18.6 Å². The van der Waals surface area contributed by atoms with E-state index in [1.165, 1.54) is 4.90 Å². The molecule has 0 spiro atoms. The Morgan fingerprint density at radius 2 is 1.68 bits per heavy atom. The average molecular weight is 451 g/mol. The van der Waals surface area contributed by atoms with E-state index < -0.39 is 11.5 Å². The number of ether oxygens (including phenoxy) is 2. The normalized spacial score (nSPS) is 18.4. The van der Waals surface area contributed by atoms with Gasteiger partial charge in [-0.15, -0.1) is 0 Å². The lowest BCUT2D eigenvalue weighted by Gasteiger charge is -2.23. The fraction of sp³-hybridized carbons (Fsp3) is 0.143. The van der Waals surface area contributed by atoms with Gasteiger partial charge in [0.1, 0.15) is 0 Å². The smallest absolute Gasteiger partial charge is 0.264 e. The van der Waals surface area contributed by atoms with Crippen molar-refractivity contribution in [3.8, 4) is 11.5 Å². The van der Waals surface area contributed by atoms with Gasteiger partial charge < -0.3 is 19.5 Å². The average Bonchev–Trinajstić information content (AvgIpc) is 3.41. The Labute approximate surface area is 196 Å². The molecule has 1 N–H and O–H groups in total. The predicted molar refractivity (Wildman–Crippen MR) is 127 cm³/mol. The third kappa shape index (κ3) is 3.15. The van der Waals surface area contributed by atoms with Crippen LogP contribution in [0.3, 0.4) is 0 Å². The molecule has 0 unspecified atom stereocenters. The van der Waals surface area contributed by atoms with Gasteiger partial charge in [-0.2, -0.15) is 0 Å². The van der Waals surface area contributed by atoms with Crippen LogP contribution in [0.2, 0.25) is 0 Å². The monoisotopic (exact) mass is 451 g/mol. The second kappa shape index (κ2) is 7.71. The van der Waals surface area contributed by atoms with Gasteiger partial charge in [0.2, 0.25) is 6.79 Å².